The maximum Gasteiger partial charge on any atom is 0.177 e. The lowest BCUT2D eigenvalue weighted by molar-refractivity contribution is 0.254. The maximum absolute atomic E-state index is 8.90. The number of nitrogens with zero attached hydrogens (tertiary/aromatic N) is 4. The second kappa shape index (κ2) is 2.82. The summed E-state index contributed by atoms with van der Waals surface area (Å²) in [4.78, 5) is 0. The molecule has 12 heavy (non-hydrogen) atoms. The molecule has 1 aliphatic carbocycles. The van der Waals surface area contributed by atoms with E-state index >= 15 is 0 Å². The summed E-state index contributed by atoms with van der Waals surface area (Å²) < 4.78 is 1.72. The summed E-state index contributed by atoms with van der Waals surface area (Å²) in [5, 5.41) is 20.0. The Bertz CT molecular complexity index is 268. The van der Waals surface area contributed by atoms with Crippen LogP contribution in [0.25, 0.3) is 0 Å². The zero-order valence-corrected chi connectivity index (χ0v) is 7.01. The van der Waals surface area contributed by atoms with E-state index < -0.39 is 0 Å². The van der Waals surface area contributed by atoms with Gasteiger partial charge in [-0.2, -0.15) is 0 Å². The van der Waals surface area contributed by atoms with Gasteiger partial charge >= 0.3 is 0 Å². The average molecular weight is 168 g/mol. The number of tetrazole rings is 1. The van der Waals surface area contributed by atoms with Crippen LogP contribution in [0.1, 0.15) is 31.6 Å². The highest BCUT2D eigenvalue weighted by atomic mass is 16.3. The van der Waals surface area contributed by atoms with Crippen molar-refractivity contribution in [2.45, 2.75) is 32.4 Å². The van der Waals surface area contributed by atoms with Crippen LogP contribution in [0.2, 0.25) is 0 Å². The molecular weight excluding hydrogens is 156 g/mol. The Hall–Kier alpha value is -0.970. The third-order valence-corrected chi connectivity index (χ3v) is 2.39. The topological polar surface area (TPSA) is 63.8 Å². The van der Waals surface area contributed by atoms with Crippen molar-refractivity contribution in [1.82, 2.24) is 20.2 Å². The van der Waals surface area contributed by atoms with Gasteiger partial charge in [-0.3, -0.25) is 0 Å². The van der Waals surface area contributed by atoms with Gasteiger partial charge in [-0.15, -0.1) is 5.10 Å². The van der Waals surface area contributed by atoms with Crippen LogP contribution in [0.5, 0.6) is 0 Å². The van der Waals surface area contributed by atoms with E-state index in [-0.39, 0.29) is 6.61 Å². The zero-order valence-electron chi connectivity index (χ0n) is 7.01. The Morgan fingerprint density at radius 3 is 3.00 bits per heavy atom. The molecule has 0 aliphatic heterocycles. The average Bonchev–Trinajstić information content (AvgIpc) is 2.82. The molecule has 0 aromatic carbocycles. The standard InChI is InChI=1S/C7H12N4O/c1-5(6-2-3-6)11-7(4-12)8-9-10-11/h5-6,12H,2-4H2,1H3. The van der Waals surface area contributed by atoms with Crippen LogP contribution in [-0.2, 0) is 6.61 Å². The van der Waals surface area contributed by atoms with Gasteiger partial charge in [-0.1, -0.05) is 0 Å². The van der Waals surface area contributed by atoms with Crippen LogP contribution in [-0.4, -0.2) is 25.3 Å². The minimum atomic E-state index is -0.0793. The second-order valence-electron chi connectivity index (χ2n) is 3.28. The first kappa shape index (κ1) is 7.67. The zero-order chi connectivity index (χ0) is 8.55. The highest BCUT2D eigenvalue weighted by molar-refractivity contribution is 4.87. The predicted molar refractivity (Wildman–Crippen MR) is 41.2 cm³/mol. The predicted octanol–water partition coefficient (Wildman–Crippen LogP) is 0.136. The lowest BCUT2D eigenvalue weighted by Gasteiger charge is -2.10. The lowest BCUT2D eigenvalue weighted by Crippen LogP contribution is -2.12. The number of aliphatic hydroxyl groups excluding tert-OH is 1. The monoisotopic (exact) mass is 168 g/mol. The smallest absolute Gasteiger partial charge is 0.177 e. The van der Waals surface area contributed by atoms with E-state index in [9.17, 15) is 0 Å². The van der Waals surface area contributed by atoms with E-state index in [4.69, 9.17) is 5.11 Å². The van der Waals surface area contributed by atoms with Crippen LogP contribution in [0.15, 0.2) is 0 Å². The number of aromatic nitrogens is 4. The lowest BCUT2D eigenvalue weighted by atomic mass is 10.2. The van der Waals surface area contributed by atoms with Crippen molar-refractivity contribution in [2.75, 3.05) is 0 Å². The molecule has 1 aromatic rings. The maximum atomic E-state index is 8.90. The summed E-state index contributed by atoms with van der Waals surface area (Å²) in [5.74, 6) is 1.27. The van der Waals surface area contributed by atoms with Crippen molar-refractivity contribution in [1.29, 1.82) is 0 Å². The highest BCUT2D eigenvalue weighted by Gasteiger charge is 2.31. The molecule has 1 fully saturated rings. The van der Waals surface area contributed by atoms with E-state index in [2.05, 4.69) is 22.4 Å². The fraction of sp³-hybridized carbons (Fsp3) is 0.857. The summed E-state index contributed by atoms with van der Waals surface area (Å²) in [6.45, 7) is 2.01. The van der Waals surface area contributed by atoms with Gasteiger partial charge < -0.3 is 5.11 Å². The Morgan fingerprint density at radius 2 is 2.42 bits per heavy atom. The van der Waals surface area contributed by atoms with E-state index in [0.717, 1.165) is 0 Å². The highest BCUT2D eigenvalue weighted by Crippen LogP contribution is 2.39. The summed E-state index contributed by atoms with van der Waals surface area (Å²) in [5.41, 5.74) is 0. The molecule has 1 heterocycles. The van der Waals surface area contributed by atoms with Crippen LogP contribution >= 0.6 is 0 Å². The number of hydrogen-bond acceptors (Lipinski definition) is 4. The van der Waals surface area contributed by atoms with E-state index in [1.807, 2.05) is 0 Å². The molecule has 1 aromatic heterocycles. The molecule has 1 aliphatic rings. The summed E-state index contributed by atoms with van der Waals surface area (Å²) in [6.07, 6.45) is 2.51. The molecule has 5 nitrogen and oxygen atoms in total. The van der Waals surface area contributed by atoms with Crippen LogP contribution in [0.3, 0.4) is 0 Å². The van der Waals surface area contributed by atoms with Crippen molar-refractivity contribution < 1.29 is 5.11 Å². The minimum absolute atomic E-state index is 0.0793. The first-order valence-corrected chi connectivity index (χ1v) is 4.20. The summed E-state index contributed by atoms with van der Waals surface area (Å²) in [6, 6.07) is 0.335. The van der Waals surface area contributed by atoms with Gasteiger partial charge in [0, 0.05) is 0 Å². The third kappa shape index (κ3) is 1.20. The first-order chi connectivity index (χ1) is 5.83. The van der Waals surface area contributed by atoms with Crippen LogP contribution in [0, 0.1) is 5.92 Å². The molecule has 66 valence electrons. The fourth-order valence-corrected chi connectivity index (χ4v) is 1.41. The van der Waals surface area contributed by atoms with E-state index in [1.165, 1.54) is 12.8 Å². The van der Waals surface area contributed by atoms with Crippen molar-refractivity contribution in [2.24, 2.45) is 5.92 Å². The fourth-order valence-electron chi connectivity index (χ4n) is 1.41. The Labute approximate surface area is 70.4 Å². The van der Waals surface area contributed by atoms with Crippen LogP contribution in [0.4, 0.5) is 0 Å². The van der Waals surface area contributed by atoms with Gasteiger partial charge in [0.1, 0.15) is 6.61 Å². The number of hydrogen-bond donors (Lipinski definition) is 1. The molecule has 5 heteroatoms. The molecule has 2 rings (SSSR count). The number of aliphatic hydroxyl groups is 1. The summed E-state index contributed by atoms with van der Waals surface area (Å²) in [7, 11) is 0. The normalized spacial score (nSPS) is 19.5. The molecule has 1 N–H and O–H groups in total. The SMILES string of the molecule is CC(C1CC1)n1nnnc1CO. The molecule has 1 unspecified atom stereocenters. The van der Waals surface area contributed by atoms with Gasteiger partial charge in [-0.05, 0) is 36.1 Å². The van der Waals surface area contributed by atoms with Crippen LogP contribution < -0.4 is 0 Å². The van der Waals surface area contributed by atoms with Crippen molar-refractivity contribution in [3.05, 3.63) is 5.82 Å². The van der Waals surface area contributed by atoms with Gasteiger partial charge in [0.2, 0.25) is 0 Å². The Kier molecular flexibility index (Phi) is 1.80. The third-order valence-electron chi connectivity index (χ3n) is 2.39. The van der Waals surface area contributed by atoms with Crippen molar-refractivity contribution in [3.63, 3.8) is 0 Å². The van der Waals surface area contributed by atoms with E-state index in [0.29, 0.717) is 17.8 Å². The van der Waals surface area contributed by atoms with Crippen molar-refractivity contribution >= 4 is 0 Å². The molecule has 1 atom stereocenters. The quantitative estimate of drug-likeness (QED) is 0.697. The number of rotatable bonds is 3. The molecule has 0 radical (unpaired) electrons. The molecule has 1 saturated carbocycles. The van der Waals surface area contributed by atoms with Crippen molar-refractivity contribution in [3.8, 4) is 0 Å². The molecule has 0 bridgehead atoms. The Balaban J connectivity index is 2.19. The summed E-state index contributed by atoms with van der Waals surface area (Å²) >= 11 is 0. The molecule has 0 saturated heterocycles. The van der Waals surface area contributed by atoms with Gasteiger partial charge in [0.25, 0.3) is 0 Å². The largest absolute Gasteiger partial charge is 0.388 e. The molecule has 0 amide bonds. The minimum Gasteiger partial charge on any atom is -0.388 e. The van der Waals surface area contributed by atoms with E-state index in [1.54, 1.807) is 4.68 Å². The molecular formula is C7H12N4O. The molecule has 0 spiro atoms. The first-order valence-electron chi connectivity index (χ1n) is 4.20. The Morgan fingerprint density at radius 1 is 1.67 bits per heavy atom. The van der Waals surface area contributed by atoms with Gasteiger partial charge in [0.15, 0.2) is 5.82 Å². The van der Waals surface area contributed by atoms with Gasteiger partial charge in [0.05, 0.1) is 6.04 Å². The second-order valence-corrected chi connectivity index (χ2v) is 3.28. The van der Waals surface area contributed by atoms with Gasteiger partial charge in [-0.25, -0.2) is 4.68 Å².